The van der Waals surface area contributed by atoms with Crippen molar-refractivity contribution in [3.05, 3.63) is 0 Å². The van der Waals surface area contributed by atoms with Crippen LogP contribution in [0.4, 0.5) is 0 Å². The summed E-state index contributed by atoms with van der Waals surface area (Å²) >= 11 is 1.88. The lowest BCUT2D eigenvalue weighted by Crippen LogP contribution is -2.41. The van der Waals surface area contributed by atoms with Gasteiger partial charge in [0.1, 0.15) is 0 Å². The Hall–Kier alpha value is -0.180. The molecule has 0 bridgehead atoms. The molecule has 0 amide bonds. The van der Waals surface area contributed by atoms with Crippen molar-refractivity contribution in [3.63, 3.8) is 0 Å². The highest BCUT2D eigenvalue weighted by Gasteiger charge is 2.33. The van der Waals surface area contributed by atoms with Gasteiger partial charge in [0.25, 0.3) is 0 Å². The van der Waals surface area contributed by atoms with Gasteiger partial charge in [0.05, 0.1) is 5.54 Å². The highest BCUT2D eigenvalue weighted by Crippen LogP contribution is 2.33. The molecule has 1 N–H and O–H groups in total. The molecule has 1 rings (SSSR count). The third-order valence-electron chi connectivity index (χ3n) is 3.46. The van der Waals surface area contributed by atoms with Crippen LogP contribution in [-0.2, 0) is 0 Å². The summed E-state index contributed by atoms with van der Waals surface area (Å²) in [6.07, 6.45) is 3.42. The Bertz CT molecular complexity index is 242. The molecule has 0 aromatic rings. The monoisotopic (exact) mass is 228 g/mol. The van der Waals surface area contributed by atoms with E-state index in [0.717, 1.165) is 30.2 Å². The van der Waals surface area contributed by atoms with Crippen LogP contribution in [0.25, 0.3) is 0 Å². The van der Waals surface area contributed by atoms with E-state index >= 15 is 0 Å². The summed E-state index contributed by atoms with van der Waals surface area (Å²) in [4.78, 5) is 4.86. The molecular weight excluding hydrogens is 204 g/mol. The summed E-state index contributed by atoms with van der Waals surface area (Å²) in [7, 11) is 0. The van der Waals surface area contributed by atoms with Crippen molar-refractivity contribution in [1.82, 2.24) is 5.32 Å². The molecule has 88 valence electrons. The first-order chi connectivity index (χ1) is 6.97. The summed E-state index contributed by atoms with van der Waals surface area (Å²) in [5, 5.41) is 4.69. The van der Waals surface area contributed by atoms with E-state index in [9.17, 15) is 0 Å². The standard InChI is InChI=1S/C12H24N2S/c1-6-11(4,5)13-10-14-12(7-2,8-3)9-15-10/h6-9H2,1-5H3,(H,13,14). The summed E-state index contributed by atoms with van der Waals surface area (Å²) in [6.45, 7) is 11.1. The van der Waals surface area contributed by atoms with Crippen LogP contribution in [0, 0.1) is 0 Å². The molecule has 1 heterocycles. The fourth-order valence-corrected chi connectivity index (χ4v) is 3.02. The van der Waals surface area contributed by atoms with Gasteiger partial charge in [-0.05, 0) is 33.1 Å². The van der Waals surface area contributed by atoms with E-state index in [-0.39, 0.29) is 11.1 Å². The molecule has 0 saturated carbocycles. The van der Waals surface area contributed by atoms with Crippen molar-refractivity contribution in [3.8, 4) is 0 Å². The predicted molar refractivity (Wildman–Crippen MR) is 70.7 cm³/mol. The molecule has 0 unspecified atom stereocenters. The number of nitrogens with zero attached hydrogens (tertiary/aromatic N) is 1. The Morgan fingerprint density at radius 1 is 1.33 bits per heavy atom. The third kappa shape index (κ3) is 3.13. The largest absolute Gasteiger partial charge is 0.360 e. The van der Waals surface area contributed by atoms with Gasteiger partial charge in [0.15, 0.2) is 5.17 Å². The quantitative estimate of drug-likeness (QED) is 0.797. The van der Waals surface area contributed by atoms with Crippen molar-refractivity contribution in [2.75, 3.05) is 5.75 Å². The molecule has 0 aromatic carbocycles. The van der Waals surface area contributed by atoms with Crippen molar-refractivity contribution >= 4 is 16.9 Å². The third-order valence-corrected chi connectivity index (χ3v) is 4.61. The molecule has 0 spiro atoms. The average molecular weight is 228 g/mol. The second-order valence-corrected chi connectivity index (χ2v) is 5.96. The molecule has 0 aromatic heterocycles. The van der Waals surface area contributed by atoms with Crippen LogP contribution in [-0.4, -0.2) is 22.0 Å². The van der Waals surface area contributed by atoms with E-state index in [1.807, 2.05) is 11.8 Å². The Morgan fingerprint density at radius 3 is 2.33 bits per heavy atom. The van der Waals surface area contributed by atoms with Gasteiger partial charge < -0.3 is 5.32 Å². The van der Waals surface area contributed by atoms with E-state index in [1.165, 1.54) is 0 Å². The van der Waals surface area contributed by atoms with Gasteiger partial charge in [-0.2, -0.15) is 0 Å². The molecule has 0 aliphatic carbocycles. The van der Waals surface area contributed by atoms with Crippen LogP contribution >= 0.6 is 11.8 Å². The first-order valence-electron chi connectivity index (χ1n) is 5.98. The van der Waals surface area contributed by atoms with Crippen molar-refractivity contribution in [1.29, 1.82) is 0 Å². The average Bonchev–Trinajstić information content (AvgIpc) is 2.62. The molecule has 0 saturated heterocycles. The van der Waals surface area contributed by atoms with Crippen LogP contribution in [0.3, 0.4) is 0 Å². The smallest absolute Gasteiger partial charge is 0.157 e. The number of nitrogens with one attached hydrogen (secondary N) is 1. The van der Waals surface area contributed by atoms with Gasteiger partial charge in [0, 0.05) is 11.3 Å². The van der Waals surface area contributed by atoms with Crippen LogP contribution in [0.1, 0.15) is 53.9 Å². The maximum atomic E-state index is 4.86. The van der Waals surface area contributed by atoms with Gasteiger partial charge >= 0.3 is 0 Å². The molecule has 0 atom stereocenters. The summed E-state index contributed by atoms with van der Waals surface area (Å²) in [5.74, 6) is 1.14. The Labute approximate surface area is 98.3 Å². The van der Waals surface area contributed by atoms with Crippen LogP contribution < -0.4 is 5.32 Å². The Kier molecular flexibility index (Phi) is 4.10. The number of hydrogen-bond donors (Lipinski definition) is 1. The lowest BCUT2D eigenvalue weighted by molar-refractivity contribution is 0.434. The minimum absolute atomic E-state index is 0.170. The number of hydrogen-bond acceptors (Lipinski definition) is 3. The molecule has 1 aliphatic rings. The summed E-state index contributed by atoms with van der Waals surface area (Å²) in [6, 6.07) is 0. The number of thioether (sulfide) groups is 1. The molecular formula is C12H24N2S. The number of aliphatic imine (C=N–C) groups is 1. The summed E-state index contributed by atoms with van der Waals surface area (Å²) < 4.78 is 0. The summed E-state index contributed by atoms with van der Waals surface area (Å²) in [5.41, 5.74) is 0.375. The zero-order chi connectivity index (χ0) is 11.5. The predicted octanol–water partition coefficient (Wildman–Crippen LogP) is 3.43. The molecule has 15 heavy (non-hydrogen) atoms. The van der Waals surface area contributed by atoms with Gasteiger partial charge in [-0.15, -0.1) is 0 Å². The van der Waals surface area contributed by atoms with Gasteiger partial charge in [0.2, 0.25) is 0 Å². The van der Waals surface area contributed by atoms with Crippen LogP contribution in [0.5, 0.6) is 0 Å². The van der Waals surface area contributed by atoms with E-state index < -0.39 is 0 Å². The van der Waals surface area contributed by atoms with E-state index in [0.29, 0.717) is 0 Å². The minimum Gasteiger partial charge on any atom is -0.360 e. The fourth-order valence-electron chi connectivity index (χ4n) is 1.54. The second kappa shape index (κ2) is 4.77. The highest BCUT2D eigenvalue weighted by atomic mass is 32.2. The van der Waals surface area contributed by atoms with Gasteiger partial charge in [-0.25, -0.2) is 0 Å². The molecule has 3 heteroatoms. The highest BCUT2D eigenvalue weighted by molar-refractivity contribution is 8.14. The normalized spacial score (nSPS) is 20.2. The van der Waals surface area contributed by atoms with Crippen LogP contribution in [0.2, 0.25) is 0 Å². The SMILES string of the molecule is CCC1(CC)CSC(NC(C)(C)CC)=N1. The number of amidine groups is 1. The van der Waals surface area contributed by atoms with E-state index in [4.69, 9.17) is 4.99 Å². The Balaban J connectivity index is 2.67. The number of rotatable bonds is 4. The molecule has 2 nitrogen and oxygen atoms in total. The van der Waals surface area contributed by atoms with Crippen molar-refractivity contribution in [2.24, 2.45) is 4.99 Å². The minimum atomic E-state index is 0.170. The molecule has 0 fully saturated rings. The topological polar surface area (TPSA) is 24.4 Å². The first kappa shape index (κ1) is 12.9. The van der Waals surface area contributed by atoms with Gasteiger partial charge in [-0.1, -0.05) is 32.5 Å². The fraction of sp³-hybridized carbons (Fsp3) is 0.917. The zero-order valence-electron chi connectivity index (χ0n) is 10.7. The lowest BCUT2D eigenvalue weighted by Gasteiger charge is -2.25. The van der Waals surface area contributed by atoms with Crippen LogP contribution in [0.15, 0.2) is 4.99 Å². The van der Waals surface area contributed by atoms with Gasteiger partial charge in [-0.3, -0.25) is 4.99 Å². The maximum Gasteiger partial charge on any atom is 0.157 e. The van der Waals surface area contributed by atoms with Crippen molar-refractivity contribution < 1.29 is 0 Å². The molecule has 1 aliphatic heterocycles. The first-order valence-corrected chi connectivity index (χ1v) is 6.96. The molecule has 0 radical (unpaired) electrons. The lowest BCUT2D eigenvalue weighted by atomic mass is 9.96. The Morgan fingerprint density at radius 2 is 1.93 bits per heavy atom. The second-order valence-electron chi connectivity index (χ2n) is 5.00. The van der Waals surface area contributed by atoms with E-state index in [1.54, 1.807) is 0 Å². The maximum absolute atomic E-state index is 4.86. The van der Waals surface area contributed by atoms with Crippen molar-refractivity contribution in [2.45, 2.75) is 65.0 Å². The zero-order valence-corrected chi connectivity index (χ0v) is 11.5. The van der Waals surface area contributed by atoms with E-state index in [2.05, 4.69) is 39.9 Å².